The van der Waals surface area contributed by atoms with Crippen LogP contribution in [-0.2, 0) is 4.79 Å². The van der Waals surface area contributed by atoms with Gasteiger partial charge in [0.05, 0.1) is 25.1 Å². The van der Waals surface area contributed by atoms with Crippen LogP contribution >= 0.6 is 24.8 Å². The van der Waals surface area contributed by atoms with Crippen molar-refractivity contribution in [2.24, 2.45) is 11.8 Å². The number of methoxy groups -OCH3 is 1. The Morgan fingerprint density at radius 2 is 2.05 bits per heavy atom. The first-order valence-corrected chi connectivity index (χ1v) is 11.7. The molecule has 0 saturated carbocycles. The summed E-state index contributed by atoms with van der Waals surface area (Å²) in [5.74, 6) is 4.67. The molecule has 1 N–H and O–H groups in total. The number of piperidine rings is 1. The maximum Gasteiger partial charge on any atom is 0.308 e. The lowest BCUT2D eigenvalue weighted by Gasteiger charge is -2.35. The number of nitrogens with zero attached hydrogens (tertiary/aromatic N) is 2. The molecule has 37 heavy (non-hydrogen) atoms. The fourth-order valence-corrected chi connectivity index (χ4v) is 4.72. The van der Waals surface area contributed by atoms with Gasteiger partial charge in [-0.15, -0.1) is 24.8 Å². The van der Waals surface area contributed by atoms with Gasteiger partial charge in [0.25, 0.3) is 0 Å². The summed E-state index contributed by atoms with van der Waals surface area (Å²) in [6.45, 7) is 1.46. The maximum atomic E-state index is 15.3. The topological polar surface area (TPSA) is 62.7 Å². The van der Waals surface area contributed by atoms with Crippen LogP contribution in [0.2, 0.25) is 0 Å². The lowest BCUT2D eigenvalue weighted by atomic mass is 9.81. The molecule has 0 spiro atoms. The van der Waals surface area contributed by atoms with Crippen molar-refractivity contribution in [2.45, 2.75) is 25.4 Å². The number of hydrogen-bond acceptors (Lipinski definition) is 4. The van der Waals surface area contributed by atoms with Crippen LogP contribution in [-0.4, -0.2) is 47.7 Å². The van der Waals surface area contributed by atoms with Gasteiger partial charge >= 0.3 is 5.97 Å². The van der Waals surface area contributed by atoms with Gasteiger partial charge < -0.3 is 9.84 Å². The van der Waals surface area contributed by atoms with E-state index in [9.17, 15) is 14.3 Å². The number of alkyl halides is 1. The summed E-state index contributed by atoms with van der Waals surface area (Å²) in [4.78, 5) is 18.3. The summed E-state index contributed by atoms with van der Waals surface area (Å²) >= 11 is 0. The summed E-state index contributed by atoms with van der Waals surface area (Å²) in [5.41, 5.74) is 1.83. The molecule has 1 fully saturated rings. The minimum absolute atomic E-state index is 0. The van der Waals surface area contributed by atoms with Crippen LogP contribution in [0.25, 0.3) is 10.9 Å². The Morgan fingerprint density at radius 1 is 1.24 bits per heavy atom. The van der Waals surface area contributed by atoms with E-state index < -0.39 is 18.1 Å². The summed E-state index contributed by atoms with van der Waals surface area (Å²) in [7, 11) is 1.57. The largest absolute Gasteiger partial charge is 0.497 e. The molecule has 1 aromatic heterocycles. The lowest BCUT2D eigenvalue weighted by Crippen LogP contribution is -2.44. The van der Waals surface area contributed by atoms with E-state index in [0.717, 1.165) is 0 Å². The smallest absolute Gasteiger partial charge is 0.308 e. The van der Waals surface area contributed by atoms with Crippen molar-refractivity contribution in [1.29, 1.82) is 0 Å². The first kappa shape index (κ1) is 30.3. The number of pyridine rings is 1. The zero-order valence-electron chi connectivity index (χ0n) is 20.4. The summed E-state index contributed by atoms with van der Waals surface area (Å²) in [5, 5.41) is 10.5. The number of halogens is 4. The molecule has 1 saturated heterocycles. The maximum absolute atomic E-state index is 15.3. The first-order chi connectivity index (χ1) is 16.9. The second kappa shape index (κ2) is 14.1. The molecule has 0 radical (unpaired) electrons. The minimum Gasteiger partial charge on any atom is -0.497 e. The fraction of sp³-hybridized carbons (Fsp3) is 0.357. The molecule has 4 rings (SSSR count). The molecule has 0 bridgehead atoms. The van der Waals surface area contributed by atoms with Crippen molar-refractivity contribution in [3.63, 3.8) is 0 Å². The van der Waals surface area contributed by atoms with Crippen molar-refractivity contribution < 1.29 is 23.4 Å². The second-order valence-corrected chi connectivity index (χ2v) is 8.87. The van der Waals surface area contributed by atoms with E-state index in [-0.39, 0.29) is 43.0 Å². The highest BCUT2D eigenvalue weighted by Crippen LogP contribution is 2.35. The zero-order chi connectivity index (χ0) is 24.8. The SMILES string of the molecule is COc1ccc2nccc([C@H](F)CC[C@@H]3CCN(CC#Cc4cccc(F)c4)C[C@@H]3C(=O)O)c2c1.Cl.Cl. The Morgan fingerprint density at radius 3 is 2.78 bits per heavy atom. The van der Waals surface area contributed by atoms with Crippen LogP contribution < -0.4 is 4.74 Å². The van der Waals surface area contributed by atoms with Crippen molar-refractivity contribution in [1.82, 2.24) is 9.88 Å². The quantitative estimate of drug-likeness (QED) is 0.360. The monoisotopic (exact) mass is 550 g/mol. The standard InChI is InChI=1S/C28H28F2N2O3.2ClH/c1-35-22-8-10-27-24(17-22)23(11-13-31-27)26(30)9-7-20-12-15-32(18-25(20)28(33)34)14-3-5-19-4-2-6-21(29)16-19;;/h2,4,6,8,10-11,13,16-17,20,25-26H,7,9,12,14-15,18H2,1H3,(H,33,34);2*1H/t20-,25+,26-;;/m1../s1. The molecule has 9 heteroatoms. The molecule has 0 aliphatic carbocycles. The van der Waals surface area contributed by atoms with Gasteiger partial charge in [0.2, 0.25) is 0 Å². The van der Waals surface area contributed by atoms with E-state index in [1.165, 1.54) is 12.1 Å². The predicted molar refractivity (Wildman–Crippen MR) is 145 cm³/mol. The number of aromatic nitrogens is 1. The van der Waals surface area contributed by atoms with E-state index in [1.54, 1.807) is 49.7 Å². The van der Waals surface area contributed by atoms with E-state index in [2.05, 4.69) is 16.8 Å². The second-order valence-electron chi connectivity index (χ2n) is 8.87. The van der Waals surface area contributed by atoms with Gasteiger partial charge in [-0.2, -0.15) is 0 Å². The number of rotatable bonds is 7. The highest BCUT2D eigenvalue weighted by Gasteiger charge is 2.34. The number of likely N-dealkylation sites (tertiary alicyclic amines) is 1. The summed E-state index contributed by atoms with van der Waals surface area (Å²) in [6, 6.07) is 13.1. The van der Waals surface area contributed by atoms with E-state index in [4.69, 9.17) is 4.74 Å². The van der Waals surface area contributed by atoms with Gasteiger partial charge in [-0.05, 0) is 79.8 Å². The zero-order valence-corrected chi connectivity index (χ0v) is 22.0. The molecule has 1 aliphatic rings. The molecule has 0 unspecified atom stereocenters. The normalized spacial score (nSPS) is 18.0. The highest BCUT2D eigenvalue weighted by molar-refractivity contribution is 5.86. The number of hydrogen-bond donors (Lipinski definition) is 1. The lowest BCUT2D eigenvalue weighted by molar-refractivity contribution is -0.146. The van der Waals surface area contributed by atoms with E-state index >= 15 is 4.39 Å². The summed E-state index contributed by atoms with van der Waals surface area (Å²) < 4.78 is 33.9. The van der Waals surface area contributed by atoms with E-state index in [0.29, 0.717) is 60.3 Å². The Bertz CT molecular complexity index is 1260. The Kier molecular flexibility index (Phi) is 11.6. The molecule has 3 atom stereocenters. The Hall–Kier alpha value is -2.92. The molecule has 0 amide bonds. The van der Waals surface area contributed by atoms with Gasteiger partial charge in [0.15, 0.2) is 0 Å². The van der Waals surface area contributed by atoms with Crippen LogP contribution in [0.5, 0.6) is 5.75 Å². The number of aliphatic carboxylic acids is 1. The first-order valence-electron chi connectivity index (χ1n) is 11.7. The number of carbonyl (C=O) groups is 1. The number of benzene rings is 2. The fourth-order valence-electron chi connectivity index (χ4n) is 4.72. The van der Waals surface area contributed by atoms with Crippen molar-refractivity contribution in [2.75, 3.05) is 26.7 Å². The molecule has 198 valence electrons. The van der Waals surface area contributed by atoms with Crippen LogP contribution in [0.4, 0.5) is 8.78 Å². The van der Waals surface area contributed by atoms with Gasteiger partial charge in [-0.3, -0.25) is 14.7 Å². The third-order valence-electron chi connectivity index (χ3n) is 6.63. The molecule has 2 aromatic carbocycles. The molecule has 2 heterocycles. The average Bonchev–Trinajstić information content (AvgIpc) is 2.87. The van der Waals surface area contributed by atoms with Crippen LogP contribution in [0.15, 0.2) is 54.7 Å². The number of carboxylic acid groups (broad SMARTS) is 1. The molecule has 5 nitrogen and oxygen atoms in total. The van der Waals surface area contributed by atoms with Crippen molar-refractivity contribution >= 4 is 41.7 Å². The van der Waals surface area contributed by atoms with Gasteiger partial charge in [-0.1, -0.05) is 17.9 Å². The molecule has 1 aliphatic heterocycles. The van der Waals surface area contributed by atoms with Crippen molar-refractivity contribution in [3.05, 3.63) is 71.7 Å². The minimum atomic E-state index is -1.22. The molecular weight excluding hydrogens is 521 g/mol. The number of carboxylic acids is 1. The van der Waals surface area contributed by atoms with Crippen LogP contribution in [0, 0.1) is 29.5 Å². The summed E-state index contributed by atoms with van der Waals surface area (Å²) in [6.07, 6.45) is 1.76. The van der Waals surface area contributed by atoms with E-state index in [1.807, 2.05) is 4.90 Å². The molecular formula is C28H30Cl2F2N2O3. The number of fused-ring (bicyclic) bond motifs is 1. The predicted octanol–water partition coefficient (Wildman–Crippen LogP) is 6.09. The third kappa shape index (κ3) is 7.78. The van der Waals surface area contributed by atoms with Crippen LogP contribution in [0.3, 0.4) is 0 Å². The average molecular weight is 551 g/mol. The van der Waals surface area contributed by atoms with Gasteiger partial charge in [0.1, 0.15) is 17.7 Å². The Labute approximate surface area is 228 Å². The van der Waals surface area contributed by atoms with Gasteiger partial charge in [0, 0.05) is 23.7 Å². The number of ether oxygens (including phenoxy) is 1. The van der Waals surface area contributed by atoms with Crippen molar-refractivity contribution in [3.8, 4) is 17.6 Å². The molecule has 3 aromatic rings. The Balaban J connectivity index is 0.00000241. The van der Waals surface area contributed by atoms with Crippen LogP contribution in [0.1, 0.15) is 36.6 Å². The third-order valence-corrected chi connectivity index (χ3v) is 6.63. The highest BCUT2D eigenvalue weighted by atomic mass is 35.5. The van der Waals surface area contributed by atoms with Gasteiger partial charge in [-0.25, -0.2) is 8.78 Å².